The predicted octanol–water partition coefficient (Wildman–Crippen LogP) is 5.45. The number of rotatable bonds is 8. The number of amides is 1. The molecule has 0 spiro atoms. The van der Waals surface area contributed by atoms with E-state index in [-0.39, 0.29) is 11.7 Å². The first-order chi connectivity index (χ1) is 15.1. The third kappa shape index (κ3) is 5.18. The van der Waals surface area contributed by atoms with Gasteiger partial charge in [-0.2, -0.15) is 0 Å². The Morgan fingerprint density at radius 1 is 1.03 bits per heavy atom. The third-order valence-electron chi connectivity index (χ3n) is 4.80. The molecule has 0 radical (unpaired) electrons. The molecule has 0 aliphatic heterocycles. The normalized spacial score (nSPS) is 10.9. The second-order valence-corrected chi connectivity index (χ2v) is 8.25. The maximum absolute atomic E-state index is 12.6. The zero-order valence-corrected chi connectivity index (χ0v) is 18.6. The fourth-order valence-corrected chi connectivity index (χ4v) is 4.22. The lowest BCUT2D eigenvalue weighted by Crippen LogP contribution is -2.15. The van der Waals surface area contributed by atoms with Crippen molar-refractivity contribution >= 4 is 51.4 Å². The molecule has 4 aromatic rings. The highest BCUT2D eigenvalue weighted by molar-refractivity contribution is 7.99. The van der Waals surface area contributed by atoms with Gasteiger partial charge in [0.15, 0.2) is 11.0 Å². The van der Waals surface area contributed by atoms with Gasteiger partial charge < -0.3 is 15.2 Å². The molecule has 1 amide bonds. The topological polar surface area (TPSA) is 71.8 Å². The first-order valence-corrected chi connectivity index (χ1v) is 11.3. The molecule has 0 atom stereocenters. The highest BCUT2D eigenvalue weighted by atomic mass is 35.5. The van der Waals surface area contributed by atoms with Gasteiger partial charge in [-0.3, -0.25) is 4.79 Å². The van der Waals surface area contributed by atoms with Crippen LogP contribution in [0.4, 0.5) is 11.4 Å². The number of thioether (sulfide) groups is 1. The lowest BCUT2D eigenvalue weighted by atomic mass is 10.1. The molecule has 0 bridgehead atoms. The fraction of sp³-hybridized carbons (Fsp3) is 0.174. The van der Waals surface area contributed by atoms with Crippen LogP contribution in [0.2, 0.25) is 5.02 Å². The fourth-order valence-electron chi connectivity index (χ4n) is 3.27. The quantitative estimate of drug-likeness (QED) is 0.348. The van der Waals surface area contributed by atoms with E-state index in [4.69, 9.17) is 11.6 Å². The van der Waals surface area contributed by atoms with E-state index in [1.54, 1.807) is 0 Å². The zero-order valence-electron chi connectivity index (χ0n) is 17.0. The van der Waals surface area contributed by atoms with Crippen molar-refractivity contribution in [3.8, 4) is 0 Å². The Bertz CT molecular complexity index is 1190. The SMILES string of the molecule is CCn1c(CNc2ccc(Cl)cc2)nnc1SCC(=O)Nc1cccc2ccccc12. The van der Waals surface area contributed by atoms with Crippen molar-refractivity contribution in [3.63, 3.8) is 0 Å². The standard InChI is InChI=1S/C23H22ClN5OS/c1-2-29-21(14-25-18-12-10-17(24)11-13-18)27-28-23(29)31-15-22(30)26-20-9-5-7-16-6-3-4-8-19(16)20/h3-13,25H,2,14-15H2,1H3,(H,26,30). The second-order valence-electron chi connectivity index (χ2n) is 6.87. The van der Waals surface area contributed by atoms with Crippen LogP contribution in [0.3, 0.4) is 0 Å². The van der Waals surface area contributed by atoms with Crippen LogP contribution in [0.5, 0.6) is 0 Å². The summed E-state index contributed by atoms with van der Waals surface area (Å²) in [6.07, 6.45) is 0. The van der Waals surface area contributed by atoms with Gasteiger partial charge in [0.05, 0.1) is 12.3 Å². The van der Waals surface area contributed by atoms with Crippen molar-refractivity contribution in [1.29, 1.82) is 0 Å². The largest absolute Gasteiger partial charge is 0.378 e. The number of nitrogens with one attached hydrogen (secondary N) is 2. The Balaban J connectivity index is 1.37. The van der Waals surface area contributed by atoms with E-state index in [0.717, 1.165) is 39.7 Å². The van der Waals surface area contributed by atoms with Crippen LogP contribution >= 0.6 is 23.4 Å². The molecule has 0 aliphatic rings. The van der Waals surface area contributed by atoms with Gasteiger partial charge in [0, 0.05) is 28.3 Å². The Morgan fingerprint density at radius 2 is 1.81 bits per heavy atom. The van der Waals surface area contributed by atoms with Crippen LogP contribution in [-0.4, -0.2) is 26.4 Å². The highest BCUT2D eigenvalue weighted by Crippen LogP contribution is 2.24. The molecule has 158 valence electrons. The van der Waals surface area contributed by atoms with Gasteiger partial charge in [-0.15, -0.1) is 10.2 Å². The molecule has 0 unspecified atom stereocenters. The van der Waals surface area contributed by atoms with Gasteiger partial charge in [0.2, 0.25) is 5.91 Å². The van der Waals surface area contributed by atoms with Gasteiger partial charge in [0.1, 0.15) is 0 Å². The molecule has 1 aromatic heterocycles. The summed E-state index contributed by atoms with van der Waals surface area (Å²) in [5.41, 5.74) is 1.77. The van der Waals surface area contributed by atoms with Crippen LogP contribution in [-0.2, 0) is 17.9 Å². The average molecular weight is 452 g/mol. The molecule has 0 aliphatic carbocycles. The van der Waals surface area contributed by atoms with E-state index in [1.807, 2.05) is 78.2 Å². The number of carbonyl (C=O) groups is 1. The maximum Gasteiger partial charge on any atom is 0.234 e. The number of anilines is 2. The maximum atomic E-state index is 12.6. The monoisotopic (exact) mass is 451 g/mol. The summed E-state index contributed by atoms with van der Waals surface area (Å²) in [6, 6.07) is 21.4. The number of benzene rings is 3. The minimum Gasteiger partial charge on any atom is -0.378 e. The molecule has 0 saturated heterocycles. The summed E-state index contributed by atoms with van der Waals surface area (Å²) in [4.78, 5) is 12.6. The number of hydrogen-bond donors (Lipinski definition) is 2. The van der Waals surface area contributed by atoms with Crippen LogP contribution < -0.4 is 10.6 Å². The molecule has 0 fully saturated rings. The lowest BCUT2D eigenvalue weighted by molar-refractivity contribution is -0.113. The molecule has 4 rings (SSSR count). The lowest BCUT2D eigenvalue weighted by Gasteiger charge is -2.10. The molecule has 3 aromatic carbocycles. The Morgan fingerprint density at radius 3 is 2.61 bits per heavy atom. The van der Waals surface area contributed by atoms with E-state index >= 15 is 0 Å². The van der Waals surface area contributed by atoms with Gasteiger partial charge in [-0.05, 0) is 42.6 Å². The van der Waals surface area contributed by atoms with Gasteiger partial charge in [-0.1, -0.05) is 59.8 Å². The number of fused-ring (bicyclic) bond motifs is 1. The van der Waals surface area contributed by atoms with E-state index in [2.05, 4.69) is 20.8 Å². The number of carbonyl (C=O) groups excluding carboxylic acids is 1. The van der Waals surface area contributed by atoms with Crippen LogP contribution in [0.25, 0.3) is 10.8 Å². The van der Waals surface area contributed by atoms with E-state index in [9.17, 15) is 4.79 Å². The van der Waals surface area contributed by atoms with Crippen molar-refractivity contribution in [3.05, 3.63) is 77.6 Å². The molecule has 6 nitrogen and oxygen atoms in total. The van der Waals surface area contributed by atoms with Crippen LogP contribution in [0, 0.1) is 0 Å². The van der Waals surface area contributed by atoms with Crippen LogP contribution in [0.1, 0.15) is 12.7 Å². The van der Waals surface area contributed by atoms with E-state index in [1.165, 1.54) is 11.8 Å². The summed E-state index contributed by atoms with van der Waals surface area (Å²) in [5, 5.41) is 18.4. The molecular formula is C23H22ClN5OS. The third-order valence-corrected chi connectivity index (χ3v) is 6.02. The van der Waals surface area contributed by atoms with Crippen molar-refractivity contribution in [1.82, 2.24) is 14.8 Å². The van der Waals surface area contributed by atoms with Crippen molar-refractivity contribution in [2.24, 2.45) is 0 Å². The second kappa shape index (κ2) is 9.85. The number of nitrogens with zero attached hydrogens (tertiary/aromatic N) is 3. The van der Waals surface area contributed by atoms with Gasteiger partial charge in [0.25, 0.3) is 0 Å². The summed E-state index contributed by atoms with van der Waals surface area (Å²) in [5.74, 6) is 0.994. The van der Waals surface area contributed by atoms with Crippen LogP contribution in [0.15, 0.2) is 71.9 Å². The number of hydrogen-bond acceptors (Lipinski definition) is 5. The van der Waals surface area contributed by atoms with Gasteiger partial charge in [-0.25, -0.2) is 0 Å². The molecule has 1 heterocycles. The Kier molecular flexibility index (Phi) is 6.74. The van der Waals surface area contributed by atoms with Crippen molar-refractivity contribution in [2.75, 3.05) is 16.4 Å². The molecule has 8 heteroatoms. The van der Waals surface area contributed by atoms with E-state index in [0.29, 0.717) is 11.6 Å². The average Bonchev–Trinajstić information content (AvgIpc) is 3.19. The number of aromatic nitrogens is 3. The summed E-state index contributed by atoms with van der Waals surface area (Å²) in [7, 11) is 0. The smallest absolute Gasteiger partial charge is 0.234 e. The number of halogens is 1. The summed E-state index contributed by atoms with van der Waals surface area (Å²) >= 11 is 7.31. The zero-order chi connectivity index (χ0) is 21.6. The van der Waals surface area contributed by atoms with Crippen molar-refractivity contribution in [2.45, 2.75) is 25.2 Å². The first kappa shape index (κ1) is 21.2. The van der Waals surface area contributed by atoms with E-state index < -0.39 is 0 Å². The molecule has 31 heavy (non-hydrogen) atoms. The minimum atomic E-state index is -0.0761. The Labute approximate surface area is 190 Å². The predicted molar refractivity (Wildman–Crippen MR) is 128 cm³/mol. The Hall–Kier alpha value is -3.03. The summed E-state index contributed by atoms with van der Waals surface area (Å²) < 4.78 is 2.01. The van der Waals surface area contributed by atoms with Gasteiger partial charge >= 0.3 is 0 Å². The summed E-state index contributed by atoms with van der Waals surface area (Å²) in [6.45, 7) is 3.29. The molecule has 2 N–H and O–H groups in total. The highest BCUT2D eigenvalue weighted by Gasteiger charge is 2.14. The molecular weight excluding hydrogens is 430 g/mol. The minimum absolute atomic E-state index is 0.0761. The van der Waals surface area contributed by atoms with Crippen molar-refractivity contribution < 1.29 is 4.79 Å². The first-order valence-electron chi connectivity index (χ1n) is 9.96. The molecule has 0 saturated carbocycles.